The van der Waals surface area contributed by atoms with Gasteiger partial charge in [0.2, 0.25) is 0 Å². The molecule has 1 aromatic rings. The van der Waals surface area contributed by atoms with E-state index >= 15 is 0 Å². The predicted octanol–water partition coefficient (Wildman–Crippen LogP) is 5.36. The van der Waals surface area contributed by atoms with Crippen molar-refractivity contribution in [3.8, 4) is 11.5 Å². The van der Waals surface area contributed by atoms with Gasteiger partial charge in [-0.3, -0.25) is 0 Å². The van der Waals surface area contributed by atoms with Gasteiger partial charge in [-0.05, 0) is 101 Å². The topological polar surface area (TPSA) is 71.1 Å². The minimum absolute atomic E-state index is 0.192. The van der Waals surface area contributed by atoms with Crippen molar-refractivity contribution in [3.05, 3.63) is 24.3 Å². The Hall–Kier alpha value is -2.38. The molecular formula is C26H36F2O6. The van der Waals surface area contributed by atoms with Crippen LogP contribution in [0.4, 0.5) is 8.78 Å². The summed E-state index contributed by atoms with van der Waals surface area (Å²) in [5.41, 5.74) is 0. The quantitative estimate of drug-likeness (QED) is 0.418. The van der Waals surface area contributed by atoms with Crippen LogP contribution in [0.5, 0.6) is 11.5 Å². The first-order chi connectivity index (χ1) is 16.3. The van der Waals surface area contributed by atoms with E-state index in [9.17, 15) is 18.4 Å². The van der Waals surface area contributed by atoms with E-state index in [1.807, 2.05) is 24.3 Å². The Balaban J connectivity index is 1.30. The van der Waals surface area contributed by atoms with Crippen LogP contribution in [0.3, 0.4) is 0 Å². The summed E-state index contributed by atoms with van der Waals surface area (Å²) < 4.78 is 48.1. The average molecular weight is 483 g/mol. The molecule has 0 aliphatic heterocycles. The molecule has 0 bridgehead atoms. The molecule has 0 aromatic heterocycles. The molecule has 0 saturated heterocycles. The minimum Gasteiger partial charge on any atom is -0.493 e. The summed E-state index contributed by atoms with van der Waals surface area (Å²) in [4.78, 5) is 22.8. The van der Waals surface area contributed by atoms with Gasteiger partial charge in [-0.1, -0.05) is 0 Å². The first-order valence-electron chi connectivity index (χ1n) is 12.3. The third-order valence-electron chi connectivity index (χ3n) is 6.60. The molecule has 0 radical (unpaired) electrons. The van der Waals surface area contributed by atoms with E-state index in [0.717, 1.165) is 62.9 Å². The van der Waals surface area contributed by atoms with Crippen LogP contribution in [0.15, 0.2) is 24.3 Å². The maximum absolute atomic E-state index is 13.0. The second-order valence-electron chi connectivity index (χ2n) is 9.48. The maximum atomic E-state index is 13.0. The number of carbonyl (C=O) groups is 2. The van der Waals surface area contributed by atoms with Crippen molar-refractivity contribution in [1.29, 1.82) is 0 Å². The molecule has 2 aliphatic carbocycles. The Morgan fingerprint density at radius 3 is 1.32 bits per heavy atom. The lowest BCUT2D eigenvalue weighted by atomic mass is 9.88. The number of rotatable bonds is 10. The number of benzene rings is 1. The summed E-state index contributed by atoms with van der Waals surface area (Å²) in [5.74, 6) is 0.771. The number of carbonyl (C=O) groups excluding carboxylic acids is 2. The first-order valence-corrected chi connectivity index (χ1v) is 12.3. The molecular weight excluding hydrogens is 446 g/mol. The molecule has 3 rings (SSSR count). The SMILES string of the molecule is C[C@H](F)C(=O)O[C@H]1CC[C@H](COc2ccc(OC[C@H]3CC[C@H](OC(=O)[C@H](C)F)CC3)cc2)CC1. The van der Waals surface area contributed by atoms with Crippen LogP contribution in [0, 0.1) is 11.8 Å². The second kappa shape index (κ2) is 12.9. The maximum Gasteiger partial charge on any atom is 0.340 e. The van der Waals surface area contributed by atoms with E-state index in [1.165, 1.54) is 13.8 Å². The molecule has 0 amide bonds. The van der Waals surface area contributed by atoms with Crippen molar-refractivity contribution < 1.29 is 37.3 Å². The van der Waals surface area contributed by atoms with Gasteiger partial charge in [-0.2, -0.15) is 0 Å². The van der Waals surface area contributed by atoms with Crippen molar-refractivity contribution in [2.45, 2.75) is 89.8 Å². The highest BCUT2D eigenvalue weighted by Crippen LogP contribution is 2.29. The van der Waals surface area contributed by atoms with Crippen LogP contribution in [0.2, 0.25) is 0 Å². The van der Waals surface area contributed by atoms with E-state index in [4.69, 9.17) is 18.9 Å². The highest BCUT2D eigenvalue weighted by molar-refractivity contribution is 5.74. The molecule has 6 nitrogen and oxygen atoms in total. The van der Waals surface area contributed by atoms with Crippen molar-refractivity contribution in [1.82, 2.24) is 0 Å². The van der Waals surface area contributed by atoms with Crippen LogP contribution in [0.1, 0.15) is 65.2 Å². The Morgan fingerprint density at radius 1 is 0.706 bits per heavy atom. The highest BCUT2D eigenvalue weighted by Gasteiger charge is 2.27. The number of alkyl halides is 2. The van der Waals surface area contributed by atoms with E-state index < -0.39 is 24.3 Å². The summed E-state index contributed by atoms with van der Waals surface area (Å²) in [6.45, 7) is 3.58. The summed E-state index contributed by atoms with van der Waals surface area (Å²) in [5, 5.41) is 0. The standard InChI is InChI=1S/C26H36F2O6/c1-17(27)25(29)33-23-7-3-19(4-8-23)15-31-21-11-13-22(14-12-21)32-16-20-5-9-24(10-6-20)34-26(30)18(2)28/h11-14,17-20,23-24H,3-10,15-16H2,1-2H3/t17-,18-,19-,20-,23-,24-/m0/s1. The monoisotopic (exact) mass is 482 g/mol. The van der Waals surface area contributed by atoms with Gasteiger partial charge >= 0.3 is 11.9 Å². The van der Waals surface area contributed by atoms with E-state index in [2.05, 4.69) is 0 Å². The van der Waals surface area contributed by atoms with Gasteiger partial charge in [0, 0.05) is 0 Å². The number of hydrogen-bond donors (Lipinski definition) is 0. The van der Waals surface area contributed by atoms with Crippen LogP contribution in [-0.2, 0) is 19.1 Å². The Labute approximate surface area is 200 Å². The lowest BCUT2D eigenvalue weighted by Gasteiger charge is -2.28. The number of hydrogen-bond acceptors (Lipinski definition) is 6. The minimum atomic E-state index is -1.58. The summed E-state index contributed by atoms with van der Waals surface area (Å²) in [6.07, 6.45) is 2.93. The van der Waals surface area contributed by atoms with Gasteiger partial charge in [0.05, 0.1) is 13.2 Å². The van der Waals surface area contributed by atoms with Crippen molar-refractivity contribution in [2.75, 3.05) is 13.2 Å². The van der Waals surface area contributed by atoms with Crippen molar-refractivity contribution in [3.63, 3.8) is 0 Å². The van der Waals surface area contributed by atoms with Crippen molar-refractivity contribution in [2.24, 2.45) is 11.8 Å². The van der Waals surface area contributed by atoms with E-state index in [0.29, 0.717) is 25.0 Å². The average Bonchev–Trinajstić information content (AvgIpc) is 2.83. The molecule has 2 aliphatic rings. The largest absolute Gasteiger partial charge is 0.493 e. The number of halogens is 2. The molecule has 8 heteroatoms. The number of ether oxygens (including phenoxy) is 4. The number of esters is 2. The van der Waals surface area contributed by atoms with Crippen LogP contribution < -0.4 is 9.47 Å². The zero-order chi connectivity index (χ0) is 24.5. The molecule has 2 fully saturated rings. The molecule has 1 aromatic carbocycles. The fraction of sp³-hybridized carbons (Fsp3) is 0.692. The Kier molecular flexibility index (Phi) is 9.96. The van der Waals surface area contributed by atoms with Gasteiger partial charge < -0.3 is 18.9 Å². The molecule has 190 valence electrons. The molecule has 0 unspecified atom stereocenters. The van der Waals surface area contributed by atoms with Crippen LogP contribution in [-0.4, -0.2) is 49.7 Å². The van der Waals surface area contributed by atoms with Gasteiger partial charge in [0.15, 0.2) is 12.3 Å². The Morgan fingerprint density at radius 2 is 1.03 bits per heavy atom. The molecule has 2 saturated carbocycles. The fourth-order valence-corrected chi connectivity index (χ4v) is 4.41. The van der Waals surface area contributed by atoms with Crippen molar-refractivity contribution >= 4 is 11.9 Å². The first kappa shape index (κ1) is 26.2. The normalized spacial score (nSPS) is 26.7. The fourth-order valence-electron chi connectivity index (χ4n) is 4.41. The van der Waals surface area contributed by atoms with Gasteiger partial charge in [0.25, 0.3) is 0 Å². The molecule has 0 N–H and O–H groups in total. The Bertz CT molecular complexity index is 701. The van der Waals surface area contributed by atoms with Crippen LogP contribution in [0.25, 0.3) is 0 Å². The highest BCUT2D eigenvalue weighted by atomic mass is 19.1. The third-order valence-corrected chi connectivity index (χ3v) is 6.60. The van der Waals surface area contributed by atoms with Gasteiger partial charge in [-0.15, -0.1) is 0 Å². The summed E-state index contributed by atoms with van der Waals surface area (Å²) in [7, 11) is 0. The smallest absolute Gasteiger partial charge is 0.340 e. The summed E-state index contributed by atoms with van der Waals surface area (Å²) in [6, 6.07) is 7.55. The molecule has 34 heavy (non-hydrogen) atoms. The van der Waals surface area contributed by atoms with E-state index in [1.54, 1.807) is 0 Å². The zero-order valence-corrected chi connectivity index (χ0v) is 20.0. The zero-order valence-electron chi connectivity index (χ0n) is 20.0. The predicted molar refractivity (Wildman–Crippen MR) is 122 cm³/mol. The lowest BCUT2D eigenvalue weighted by molar-refractivity contribution is -0.157. The van der Waals surface area contributed by atoms with E-state index in [-0.39, 0.29) is 12.2 Å². The summed E-state index contributed by atoms with van der Waals surface area (Å²) >= 11 is 0. The van der Waals surface area contributed by atoms with Gasteiger partial charge in [-0.25, -0.2) is 18.4 Å². The lowest BCUT2D eigenvalue weighted by Crippen LogP contribution is -2.29. The third kappa shape index (κ3) is 8.44. The second-order valence-corrected chi connectivity index (χ2v) is 9.48. The molecule has 2 atom stereocenters. The molecule has 0 spiro atoms. The molecule has 0 heterocycles. The van der Waals surface area contributed by atoms with Gasteiger partial charge in [0.1, 0.15) is 23.7 Å². The van der Waals surface area contributed by atoms with Crippen LogP contribution >= 0.6 is 0 Å².